The van der Waals surface area contributed by atoms with Crippen LogP contribution in [0.2, 0.25) is 0 Å². The molecule has 0 saturated heterocycles. The van der Waals surface area contributed by atoms with Crippen molar-refractivity contribution in [3.63, 3.8) is 0 Å². The molecule has 0 aromatic heterocycles. The molecule has 2 aromatic rings. The van der Waals surface area contributed by atoms with Crippen LogP contribution >= 0.6 is 0 Å². The Morgan fingerprint density at radius 3 is 2.45 bits per heavy atom. The lowest BCUT2D eigenvalue weighted by Crippen LogP contribution is -2.14. The quantitative estimate of drug-likeness (QED) is 0.833. The zero-order chi connectivity index (χ0) is 16.1. The SMILES string of the molecule is COc1ccc(CC(=O)Nc2ccc(C)c(N)c2)cc1OC. The minimum absolute atomic E-state index is 0.115. The zero-order valence-corrected chi connectivity index (χ0v) is 13.0. The van der Waals surface area contributed by atoms with Gasteiger partial charge < -0.3 is 20.5 Å². The number of nitrogens with two attached hydrogens (primary N) is 1. The highest BCUT2D eigenvalue weighted by Gasteiger charge is 2.09. The van der Waals surface area contributed by atoms with Crippen LogP contribution in [0.1, 0.15) is 11.1 Å². The van der Waals surface area contributed by atoms with E-state index in [1.807, 2.05) is 25.1 Å². The maximum absolute atomic E-state index is 12.1. The topological polar surface area (TPSA) is 73.6 Å². The van der Waals surface area contributed by atoms with Crippen molar-refractivity contribution in [2.24, 2.45) is 0 Å². The summed E-state index contributed by atoms with van der Waals surface area (Å²) in [7, 11) is 3.14. The van der Waals surface area contributed by atoms with Crippen LogP contribution in [-0.2, 0) is 11.2 Å². The molecule has 2 aromatic carbocycles. The lowest BCUT2D eigenvalue weighted by Gasteiger charge is -2.10. The van der Waals surface area contributed by atoms with Gasteiger partial charge in [0.1, 0.15) is 0 Å². The van der Waals surface area contributed by atoms with E-state index < -0.39 is 0 Å². The van der Waals surface area contributed by atoms with E-state index in [0.29, 0.717) is 22.9 Å². The monoisotopic (exact) mass is 300 g/mol. The van der Waals surface area contributed by atoms with Crippen LogP contribution in [0.15, 0.2) is 36.4 Å². The molecule has 0 aliphatic rings. The molecule has 3 N–H and O–H groups in total. The van der Waals surface area contributed by atoms with Gasteiger partial charge in [0.15, 0.2) is 11.5 Å². The van der Waals surface area contributed by atoms with E-state index in [4.69, 9.17) is 15.2 Å². The number of amides is 1. The summed E-state index contributed by atoms with van der Waals surface area (Å²) >= 11 is 0. The summed E-state index contributed by atoms with van der Waals surface area (Å²) in [5, 5.41) is 2.83. The first-order chi connectivity index (χ1) is 10.5. The second-order valence-corrected chi connectivity index (χ2v) is 4.99. The van der Waals surface area contributed by atoms with Crippen LogP contribution in [0.25, 0.3) is 0 Å². The lowest BCUT2D eigenvalue weighted by atomic mass is 10.1. The Bertz CT molecular complexity index is 684. The fraction of sp³-hybridized carbons (Fsp3) is 0.235. The van der Waals surface area contributed by atoms with Crippen LogP contribution in [0, 0.1) is 6.92 Å². The minimum atomic E-state index is -0.115. The van der Waals surface area contributed by atoms with E-state index in [1.54, 1.807) is 32.4 Å². The number of ether oxygens (including phenoxy) is 2. The number of nitrogens with one attached hydrogen (secondary N) is 1. The molecule has 0 fully saturated rings. The van der Waals surface area contributed by atoms with Gasteiger partial charge in [-0.1, -0.05) is 12.1 Å². The first kappa shape index (κ1) is 15.7. The Morgan fingerprint density at radius 2 is 1.82 bits per heavy atom. The first-order valence-electron chi connectivity index (χ1n) is 6.90. The number of hydrogen-bond donors (Lipinski definition) is 2. The highest BCUT2D eigenvalue weighted by Crippen LogP contribution is 2.27. The molecule has 0 bridgehead atoms. The summed E-state index contributed by atoms with van der Waals surface area (Å²) in [6, 6.07) is 10.9. The summed E-state index contributed by atoms with van der Waals surface area (Å²) in [6.45, 7) is 1.92. The molecule has 5 heteroatoms. The third-order valence-corrected chi connectivity index (χ3v) is 3.38. The van der Waals surface area contributed by atoms with Gasteiger partial charge in [0.25, 0.3) is 0 Å². The maximum Gasteiger partial charge on any atom is 0.228 e. The molecule has 0 spiro atoms. The number of hydrogen-bond acceptors (Lipinski definition) is 4. The summed E-state index contributed by atoms with van der Waals surface area (Å²) < 4.78 is 10.4. The second kappa shape index (κ2) is 6.85. The largest absolute Gasteiger partial charge is 0.493 e. The van der Waals surface area contributed by atoms with Gasteiger partial charge >= 0.3 is 0 Å². The molecule has 0 saturated carbocycles. The van der Waals surface area contributed by atoms with Crippen LogP contribution in [-0.4, -0.2) is 20.1 Å². The number of carbonyl (C=O) groups excluding carboxylic acids is 1. The molecular formula is C17H20N2O3. The van der Waals surface area contributed by atoms with Crippen LogP contribution in [0.4, 0.5) is 11.4 Å². The van der Waals surface area contributed by atoms with Gasteiger partial charge in [0, 0.05) is 11.4 Å². The van der Waals surface area contributed by atoms with E-state index in [1.165, 1.54) is 0 Å². The van der Waals surface area contributed by atoms with Gasteiger partial charge in [-0.25, -0.2) is 0 Å². The minimum Gasteiger partial charge on any atom is -0.493 e. The van der Waals surface area contributed by atoms with Gasteiger partial charge in [-0.3, -0.25) is 4.79 Å². The van der Waals surface area contributed by atoms with E-state index in [-0.39, 0.29) is 12.3 Å². The van der Waals surface area contributed by atoms with Crippen molar-refractivity contribution >= 4 is 17.3 Å². The zero-order valence-electron chi connectivity index (χ0n) is 13.0. The molecule has 2 rings (SSSR count). The Kier molecular flexibility index (Phi) is 4.88. The molecule has 0 heterocycles. The average molecular weight is 300 g/mol. The Labute approximate surface area is 130 Å². The van der Waals surface area contributed by atoms with Crippen LogP contribution in [0.5, 0.6) is 11.5 Å². The molecule has 0 aliphatic heterocycles. The van der Waals surface area contributed by atoms with Crippen molar-refractivity contribution in [3.8, 4) is 11.5 Å². The summed E-state index contributed by atoms with van der Waals surface area (Å²) in [5.41, 5.74) is 9.01. The van der Waals surface area contributed by atoms with Crippen molar-refractivity contribution in [1.82, 2.24) is 0 Å². The van der Waals surface area contributed by atoms with Crippen molar-refractivity contribution < 1.29 is 14.3 Å². The molecule has 1 amide bonds. The molecule has 22 heavy (non-hydrogen) atoms. The predicted octanol–water partition coefficient (Wildman–Crippen LogP) is 2.78. The summed E-state index contributed by atoms with van der Waals surface area (Å²) in [6.07, 6.45) is 0.244. The van der Waals surface area contributed by atoms with Crippen molar-refractivity contribution in [2.75, 3.05) is 25.3 Å². The fourth-order valence-corrected chi connectivity index (χ4v) is 2.10. The summed E-state index contributed by atoms with van der Waals surface area (Å²) in [5.74, 6) is 1.13. The highest BCUT2D eigenvalue weighted by molar-refractivity contribution is 5.92. The van der Waals surface area contributed by atoms with E-state index in [9.17, 15) is 4.79 Å². The van der Waals surface area contributed by atoms with E-state index in [0.717, 1.165) is 11.1 Å². The highest BCUT2D eigenvalue weighted by atomic mass is 16.5. The molecule has 0 radical (unpaired) electrons. The number of rotatable bonds is 5. The third kappa shape index (κ3) is 3.69. The number of benzene rings is 2. The Morgan fingerprint density at radius 1 is 1.09 bits per heavy atom. The first-order valence-corrected chi connectivity index (χ1v) is 6.90. The number of aryl methyl sites for hydroxylation is 1. The smallest absolute Gasteiger partial charge is 0.228 e. The van der Waals surface area contributed by atoms with Crippen LogP contribution in [0.3, 0.4) is 0 Å². The molecule has 0 aliphatic carbocycles. The molecule has 0 unspecified atom stereocenters. The molecule has 5 nitrogen and oxygen atoms in total. The van der Waals surface area contributed by atoms with Crippen molar-refractivity contribution in [2.45, 2.75) is 13.3 Å². The average Bonchev–Trinajstić information content (AvgIpc) is 2.50. The van der Waals surface area contributed by atoms with Crippen LogP contribution < -0.4 is 20.5 Å². The van der Waals surface area contributed by atoms with E-state index >= 15 is 0 Å². The fourth-order valence-electron chi connectivity index (χ4n) is 2.10. The molecule has 116 valence electrons. The van der Waals surface area contributed by atoms with Crippen molar-refractivity contribution in [1.29, 1.82) is 0 Å². The molecular weight excluding hydrogens is 280 g/mol. The third-order valence-electron chi connectivity index (χ3n) is 3.38. The Hall–Kier alpha value is -2.69. The van der Waals surface area contributed by atoms with Crippen molar-refractivity contribution in [3.05, 3.63) is 47.5 Å². The second-order valence-electron chi connectivity index (χ2n) is 4.99. The normalized spacial score (nSPS) is 10.1. The number of carbonyl (C=O) groups is 1. The standard InChI is InChI=1S/C17H20N2O3/c1-11-4-6-13(10-14(11)18)19-17(20)9-12-5-7-15(21-2)16(8-12)22-3/h4-8,10H,9,18H2,1-3H3,(H,19,20). The number of nitrogen functional groups attached to an aromatic ring is 1. The maximum atomic E-state index is 12.1. The number of methoxy groups -OCH3 is 2. The van der Waals surface area contributed by atoms with E-state index in [2.05, 4.69) is 5.32 Å². The predicted molar refractivity (Wildman–Crippen MR) is 87.5 cm³/mol. The van der Waals surface area contributed by atoms with Gasteiger partial charge in [0.05, 0.1) is 20.6 Å². The lowest BCUT2D eigenvalue weighted by molar-refractivity contribution is -0.115. The van der Waals surface area contributed by atoms with Gasteiger partial charge in [-0.2, -0.15) is 0 Å². The van der Waals surface area contributed by atoms with Gasteiger partial charge in [-0.05, 0) is 42.3 Å². The molecule has 0 atom stereocenters. The summed E-state index contributed by atoms with van der Waals surface area (Å²) in [4.78, 5) is 12.1. The Balaban J connectivity index is 2.07. The van der Waals surface area contributed by atoms with Gasteiger partial charge in [0.2, 0.25) is 5.91 Å². The van der Waals surface area contributed by atoms with Gasteiger partial charge in [-0.15, -0.1) is 0 Å². The number of anilines is 2.